The summed E-state index contributed by atoms with van der Waals surface area (Å²) in [5.41, 5.74) is 5.07. The summed E-state index contributed by atoms with van der Waals surface area (Å²) in [7, 11) is 2.21. The minimum atomic E-state index is -0.267. The van der Waals surface area contributed by atoms with Gasteiger partial charge < -0.3 is 14.8 Å². The van der Waals surface area contributed by atoms with E-state index < -0.39 is 0 Å². The monoisotopic (exact) mass is 453 g/mol. The predicted molar refractivity (Wildman–Crippen MR) is 130 cm³/mol. The Morgan fingerprint density at radius 2 is 1.74 bits per heavy atom. The van der Waals surface area contributed by atoms with Crippen molar-refractivity contribution in [3.05, 3.63) is 66.7 Å². The van der Waals surface area contributed by atoms with Crippen molar-refractivity contribution in [2.45, 2.75) is 0 Å². The zero-order chi connectivity index (χ0) is 22.8. The van der Waals surface area contributed by atoms with Gasteiger partial charge in [-0.05, 0) is 67.4 Å². The summed E-state index contributed by atoms with van der Waals surface area (Å²) in [5, 5.41) is 6.10. The lowest BCUT2D eigenvalue weighted by molar-refractivity contribution is 0.386. The van der Waals surface area contributed by atoms with E-state index in [2.05, 4.69) is 32.9 Å². The van der Waals surface area contributed by atoms with Crippen LogP contribution in [0, 0.1) is 17.7 Å². The molecule has 2 saturated heterocycles. The summed E-state index contributed by atoms with van der Waals surface area (Å²) >= 11 is 0. The summed E-state index contributed by atoms with van der Waals surface area (Å²) in [5.74, 6) is 2.09. The van der Waals surface area contributed by atoms with Gasteiger partial charge in [0.25, 0.3) is 0 Å². The van der Waals surface area contributed by atoms with Crippen LogP contribution in [0.1, 0.15) is 0 Å². The normalized spacial score (nSPS) is 20.6. The Morgan fingerprint density at radius 1 is 0.941 bits per heavy atom. The number of hydrogen-bond acceptors (Lipinski definition) is 5. The second-order valence-electron chi connectivity index (χ2n) is 9.52. The molecule has 4 aromatic heterocycles. The van der Waals surface area contributed by atoms with Crippen LogP contribution in [-0.4, -0.2) is 62.7 Å². The van der Waals surface area contributed by atoms with Gasteiger partial charge in [0, 0.05) is 55.1 Å². The van der Waals surface area contributed by atoms with E-state index in [0.29, 0.717) is 11.8 Å². The van der Waals surface area contributed by atoms with Crippen molar-refractivity contribution in [3.63, 3.8) is 0 Å². The number of anilines is 1. The van der Waals surface area contributed by atoms with E-state index in [0.717, 1.165) is 71.2 Å². The lowest BCUT2D eigenvalue weighted by Crippen LogP contribution is -2.27. The first kappa shape index (κ1) is 19.7. The first-order chi connectivity index (χ1) is 16.6. The maximum atomic E-state index is 13.7. The van der Waals surface area contributed by atoms with Gasteiger partial charge in [0.15, 0.2) is 5.65 Å². The third kappa shape index (κ3) is 3.02. The van der Waals surface area contributed by atoms with Crippen LogP contribution >= 0.6 is 0 Å². The van der Waals surface area contributed by atoms with Crippen LogP contribution in [0.3, 0.4) is 0 Å². The molecular formula is C26H24FN7. The molecule has 0 unspecified atom stereocenters. The summed E-state index contributed by atoms with van der Waals surface area (Å²) in [4.78, 5) is 17.4. The fourth-order valence-corrected chi connectivity index (χ4v) is 5.73. The quantitative estimate of drug-likeness (QED) is 0.446. The van der Waals surface area contributed by atoms with Crippen molar-refractivity contribution < 1.29 is 4.39 Å². The van der Waals surface area contributed by atoms with E-state index in [-0.39, 0.29) is 5.82 Å². The molecule has 1 N–H and O–H groups in total. The molecule has 5 aromatic rings. The van der Waals surface area contributed by atoms with Gasteiger partial charge >= 0.3 is 0 Å². The minimum absolute atomic E-state index is 0.267. The summed E-state index contributed by atoms with van der Waals surface area (Å²) < 4.78 is 15.6. The Morgan fingerprint density at radius 3 is 2.53 bits per heavy atom. The molecule has 170 valence electrons. The number of fused-ring (bicyclic) bond motifs is 3. The predicted octanol–water partition coefficient (Wildman–Crippen LogP) is 4.08. The van der Waals surface area contributed by atoms with Gasteiger partial charge in [0.1, 0.15) is 23.0 Å². The fourth-order valence-electron chi connectivity index (χ4n) is 5.73. The van der Waals surface area contributed by atoms with Gasteiger partial charge in [-0.3, -0.25) is 0 Å². The van der Waals surface area contributed by atoms with E-state index >= 15 is 0 Å². The summed E-state index contributed by atoms with van der Waals surface area (Å²) in [6.45, 7) is 4.35. The number of hydrogen-bond donors (Lipinski definition) is 1. The van der Waals surface area contributed by atoms with Crippen molar-refractivity contribution in [3.8, 4) is 22.5 Å². The molecule has 0 bridgehead atoms. The van der Waals surface area contributed by atoms with Crippen LogP contribution in [0.15, 0.2) is 60.9 Å². The van der Waals surface area contributed by atoms with Crippen LogP contribution in [0.4, 0.5) is 10.2 Å². The lowest BCUT2D eigenvalue weighted by atomic mass is 10.0. The van der Waals surface area contributed by atoms with Crippen molar-refractivity contribution in [1.82, 2.24) is 29.5 Å². The van der Waals surface area contributed by atoms with Crippen LogP contribution in [0.5, 0.6) is 0 Å². The molecule has 6 heterocycles. The lowest BCUT2D eigenvalue weighted by Gasteiger charge is -2.20. The maximum absolute atomic E-state index is 13.7. The molecule has 0 saturated carbocycles. The second-order valence-corrected chi connectivity index (χ2v) is 9.52. The Bertz CT molecular complexity index is 1510. The smallest absolute Gasteiger partial charge is 0.155 e. The number of aromatic nitrogens is 5. The third-order valence-electron chi connectivity index (χ3n) is 7.29. The molecule has 2 aliphatic rings. The standard InChI is InChI=1S/C26H24FN7/c1-32-12-17-14-33(15-18(17)13-32)23-7-6-22-30-24(16-2-4-19(27)5-3-16)25(34(22)31-23)20-8-10-28-26-21(20)9-11-29-26/h2-11,17-18H,12-15H2,1H3,(H,28,29)/t17-,18+. The molecule has 2 fully saturated rings. The Kier molecular flexibility index (Phi) is 4.26. The Labute approximate surface area is 195 Å². The molecule has 1 aromatic carbocycles. The highest BCUT2D eigenvalue weighted by molar-refractivity contribution is 5.96. The zero-order valence-corrected chi connectivity index (χ0v) is 18.8. The highest BCUT2D eigenvalue weighted by Gasteiger charge is 2.39. The Hall–Kier alpha value is -3.78. The van der Waals surface area contributed by atoms with E-state index in [1.165, 1.54) is 12.1 Å². The molecule has 2 aliphatic heterocycles. The maximum Gasteiger partial charge on any atom is 0.155 e. The van der Waals surface area contributed by atoms with Gasteiger partial charge in [-0.1, -0.05) is 0 Å². The first-order valence-electron chi connectivity index (χ1n) is 11.7. The highest BCUT2D eigenvalue weighted by atomic mass is 19.1. The van der Waals surface area contributed by atoms with Crippen molar-refractivity contribution >= 4 is 22.5 Å². The van der Waals surface area contributed by atoms with Crippen molar-refractivity contribution in [1.29, 1.82) is 0 Å². The van der Waals surface area contributed by atoms with Crippen molar-refractivity contribution in [2.75, 3.05) is 38.1 Å². The summed E-state index contributed by atoms with van der Waals surface area (Å²) in [6, 6.07) is 14.6. The van der Waals surface area contributed by atoms with Crippen LogP contribution < -0.4 is 4.90 Å². The molecule has 7 rings (SSSR count). The number of benzene rings is 1. The van der Waals surface area contributed by atoms with E-state index in [9.17, 15) is 4.39 Å². The van der Waals surface area contributed by atoms with Crippen LogP contribution in [-0.2, 0) is 0 Å². The Balaban J connectivity index is 1.41. The van der Waals surface area contributed by atoms with E-state index in [4.69, 9.17) is 10.1 Å². The third-order valence-corrected chi connectivity index (χ3v) is 7.29. The average molecular weight is 454 g/mol. The largest absolute Gasteiger partial charge is 0.355 e. The summed E-state index contributed by atoms with van der Waals surface area (Å²) in [6.07, 6.45) is 3.69. The highest BCUT2D eigenvalue weighted by Crippen LogP contribution is 2.37. The van der Waals surface area contributed by atoms with Crippen LogP contribution in [0.2, 0.25) is 0 Å². The molecular weight excluding hydrogens is 429 g/mol. The van der Waals surface area contributed by atoms with Gasteiger partial charge in [-0.15, -0.1) is 5.10 Å². The van der Waals surface area contributed by atoms with Crippen molar-refractivity contribution in [2.24, 2.45) is 11.8 Å². The number of imidazole rings is 1. The topological polar surface area (TPSA) is 65.4 Å². The molecule has 7 nitrogen and oxygen atoms in total. The second kappa shape index (κ2) is 7.36. The van der Waals surface area contributed by atoms with Gasteiger partial charge in [0.05, 0.1) is 5.69 Å². The number of aromatic amines is 1. The fraction of sp³-hybridized carbons (Fsp3) is 0.269. The SMILES string of the molecule is CN1C[C@@H]2CN(c3ccc4nc(-c5ccc(F)cc5)c(-c5ccnc6[nH]ccc56)n4n3)C[C@@H]2C1. The molecule has 0 radical (unpaired) electrons. The molecule has 8 heteroatoms. The number of rotatable bonds is 3. The van der Waals surface area contributed by atoms with Gasteiger partial charge in [-0.25, -0.2) is 18.9 Å². The molecule has 0 amide bonds. The number of likely N-dealkylation sites (tertiary alicyclic amines) is 1. The minimum Gasteiger partial charge on any atom is -0.355 e. The molecule has 2 atom stereocenters. The van der Waals surface area contributed by atoms with Gasteiger partial charge in [0.2, 0.25) is 0 Å². The average Bonchev–Trinajstić information content (AvgIpc) is 3.60. The number of nitrogens with one attached hydrogen (secondary N) is 1. The number of nitrogens with zero attached hydrogens (tertiary/aromatic N) is 6. The number of H-pyrrole nitrogens is 1. The molecule has 0 spiro atoms. The first-order valence-corrected chi connectivity index (χ1v) is 11.7. The molecule has 34 heavy (non-hydrogen) atoms. The zero-order valence-electron chi connectivity index (χ0n) is 18.8. The van der Waals surface area contributed by atoms with Crippen LogP contribution in [0.25, 0.3) is 39.2 Å². The van der Waals surface area contributed by atoms with E-state index in [1.807, 2.05) is 28.9 Å². The van der Waals surface area contributed by atoms with E-state index in [1.54, 1.807) is 18.3 Å². The number of halogens is 1. The molecule has 0 aliphatic carbocycles. The van der Waals surface area contributed by atoms with Gasteiger partial charge in [-0.2, -0.15) is 0 Å². The number of pyridine rings is 1.